The van der Waals surface area contributed by atoms with Gasteiger partial charge in [0.1, 0.15) is 0 Å². The molecule has 0 bridgehead atoms. The standard InChI is InChI=1S/C9H13NO3/c1-6(11)7-4-8(12-2)10-9(5-7)13-3/h4-6,11H,1-3H3. The van der Waals surface area contributed by atoms with Crippen molar-refractivity contribution in [3.8, 4) is 11.8 Å². The first kappa shape index (κ1) is 9.80. The zero-order valence-electron chi connectivity index (χ0n) is 7.94. The molecule has 1 aromatic heterocycles. The van der Waals surface area contributed by atoms with Gasteiger partial charge in [-0.2, -0.15) is 4.98 Å². The van der Waals surface area contributed by atoms with Gasteiger partial charge >= 0.3 is 0 Å². The number of ether oxygens (including phenoxy) is 2. The Hall–Kier alpha value is -1.29. The van der Waals surface area contributed by atoms with E-state index in [2.05, 4.69) is 4.98 Å². The maximum atomic E-state index is 9.32. The molecule has 0 aliphatic heterocycles. The Bertz CT molecular complexity index is 264. The number of aromatic nitrogens is 1. The van der Waals surface area contributed by atoms with Gasteiger partial charge in [-0.3, -0.25) is 0 Å². The van der Waals surface area contributed by atoms with Crippen LogP contribution < -0.4 is 9.47 Å². The Labute approximate surface area is 77.1 Å². The first-order valence-electron chi connectivity index (χ1n) is 3.95. The average Bonchev–Trinajstić information content (AvgIpc) is 2.16. The van der Waals surface area contributed by atoms with Crippen molar-refractivity contribution in [3.63, 3.8) is 0 Å². The summed E-state index contributed by atoms with van der Waals surface area (Å²) in [7, 11) is 3.04. The molecular weight excluding hydrogens is 170 g/mol. The predicted molar refractivity (Wildman–Crippen MR) is 48.0 cm³/mol. The highest BCUT2D eigenvalue weighted by atomic mass is 16.5. The topological polar surface area (TPSA) is 51.6 Å². The van der Waals surface area contributed by atoms with E-state index in [-0.39, 0.29) is 0 Å². The van der Waals surface area contributed by atoms with Crippen LogP contribution in [0.1, 0.15) is 18.6 Å². The van der Waals surface area contributed by atoms with Crippen LogP contribution in [0, 0.1) is 0 Å². The van der Waals surface area contributed by atoms with Crippen LogP contribution >= 0.6 is 0 Å². The molecule has 4 nitrogen and oxygen atoms in total. The number of pyridine rings is 1. The molecule has 0 amide bonds. The van der Waals surface area contributed by atoms with Crippen LogP contribution in [-0.2, 0) is 0 Å². The summed E-state index contributed by atoms with van der Waals surface area (Å²) in [4.78, 5) is 4.00. The molecule has 0 aromatic carbocycles. The van der Waals surface area contributed by atoms with Crippen molar-refractivity contribution < 1.29 is 14.6 Å². The molecule has 0 fully saturated rings. The molecule has 0 spiro atoms. The lowest BCUT2D eigenvalue weighted by Crippen LogP contribution is -1.97. The monoisotopic (exact) mass is 183 g/mol. The molecule has 1 heterocycles. The van der Waals surface area contributed by atoms with Crippen molar-refractivity contribution >= 4 is 0 Å². The fourth-order valence-corrected chi connectivity index (χ4v) is 0.950. The van der Waals surface area contributed by atoms with Gasteiger partial charge in [0, 0.05) is 12.1 Å². The van der Waals surface area contributed by atoms with Crippen LogP contribution in [-0.4, -0.2) is 24.3 Å². The van der Waals surface area contributed by atoms with Crippen LogP contribution in [0.2, 0.25) is 0 Å². The van der Waals surface area contributed by atoms with Crippen molar-refractivity contribution in [1.29, 1.82) is 0 Å². The number of hydrogen-bond donors (Lipinski definition) is 1. The van der Waals surface area contributed by atoms with Crippen molar-refractivity contribution in [2.24, 2.45) is 0 Å². The normalized spacial score (nSPS) is 12.3. The molecule has 1 aromatic rings. The zero-order chi connectivity index (χ0) is 9.84. The summed E-state index contributed by atoms with van der Waals surface area (Å²) in [5, 5.41) is 9.32. The lowest BCUT2D eigenvalue weighted by molar-refractivity contribution is 0.198. The second-order valence-electron chi connectivity index (χ2n) is 2.66. The van der Waals surface area contributed by atoms with Gasteiger partial charge in [-0.15, -0.1) is 0 Å². The molecule has 0 saturated carbocycles. The van der Waals surface area contributed by atoms with Crippen LogP contribution in [0.3, 0.4) is 0 Å². The largest absolute Gasteiger partial charge is 0.481 e. The maximum Gasteiger partial charge on any atom is 0.216 e. The predicted octanol–water partition coefficient (Wildman–Crippen LogP) is 1.15. The van der Waals surface area contributed by atoms with E-state index in [0.717, 1.165) is 5.56 Å². The Morgan fingerprint density at radius 3 is 2.00 bits per heavy atom. The number of hydrogen-bond acceptors (Lipinski definition) is 4. The van der Waals surface area contributed by atoms with E-state index in [4.69, 9.17) is 9.47 Å². The molecule has 1 unspecified atom stereocenters. The molecule has 13 heavy (non-hydrogen) atoms. The quantitative estimate of drug-likeness (QED) is 0.763. The van der Waals surface area contributed by atoms with Crippen LogP contribution in [0.5, 0.6) is 11.8 Å². The highest BCUT2D eigenvalue weighted by Crippen LogP contribution is 2.21. The van der Waals surface area contributed by atoms with Gasteiger partial charge < -0.3 is 14.6 Å². The summed E-state index contributed by atoms with van der Waals surface area (Å²) in [6, 6.07) is 3.35. The van der Waals surface area contributed by atoms with E-state index in [1.807, 2.05) is 0 Å². The summed E-state index contributed by atoms with van der Waals surface area (Å²) < 4.78 is 9.89. The highest BCUT2D eigenvalue weighted by Gasteiger charge is 2.06. The molecule has 0 aliphatic rings. The van der Waals surface area contributed by atoms with Crippen molar-refractivity contribution in [2.75, 3.05) is 14.2 Å². The van der Waals surface area contributed by atoms with Crippen molar-refractivity contribution in [2.45, 2.75) is 13.0 Å². The van der Waals surface area contributed by atoms with Crippen LogP contribution in [0.15, 0.2) is 12.1 Å². The third-order valence-electron chi connectivity index (χ3n) is 1.70. The Morgan fingerprint density at radius 1 is 1.23 bits per heavy atom. The number of methoxy groups -OCH3 is 2. The first-order valence-corrected chi connectivity index (χ1v) is 3.95. The fraction of sp³-hybridized carbons (Fsp3) is 0.444. The second-order valence-corrected chi connectivity index (χ2v) is 2.66. The molecule has 4 heteroatoms. The van der Waals surface area contributed by atoms with E-state index in [9.17, 15) is 5.11 Å². The third kappa shape index (κ3) is 2.32. The fourth-order valence-electron chi connectivity index (χ4n) is 0.950. The van der Waals surface area contributed by atoms with Gasteiger partial charge in [0.15, 0.2) is 0 Å². The summed E-state index contributed by atoms with van der Waals surface area (Å²) >= 11 is 0. The molecule has 1 atom stereocenters. The van der Waals surface area contributed by atoms with Crippen molar-refractivity contribution in [3.05, 3.63) is 17.7 Å². The van der Waals surface area contributed by atoms with E-state index in [0.29, 0.717) is 11.8 Å². The number of nitrogens with zero attached hydrogens (tertiary/aromatic N) is 1. The van der Waals surface area contributed by atoms with Gasteiger partial charge in [-0.25, -0.2) is 0 Å². The minimum Gasteiger partial charge on any atom is -0.481 e. The van der Waals surface area contributed by atoms with Gasteiger partial charge in [0.05, 0.1) is 20.3 Å². The minimum atomic E-state index is -0.550. The van der Waals surface area contributed by atoms with Gasteiger partial charge in [0.25, 0.3) is 0 Å². The summed E-state index contributed by atoms with van der Waals surface area (Å²) in [5.41, 5.74) is 0.726. The number of rotatable bonds is 3. The summed E-state index contributed by atoms with van der Waals surface area (Å²) in [5.74, 6) is 0.880. The van der Waals surface area contributed by atoms with Crippen molar-refractivity contribution in [1.82, 2.24) is 4.98 Å². The van der Waals surface area contributed by atoms with E-state index >= 15 is 0 Å². The molecule has 1 rings (SSSR count). The zero-order valence-corrected chi connectivity index (χ0v) is 7.94. The van der Waals surface area contributed by atoms with Gasteiger partial charge in [0.2, 0.25) is 11.8 Å². The Kier molecular flexibility index (Phi) is 3.08. The minimum absolute atomic E-state index is 0.440. The highest BCUT2D eigenvalue weighted by molar-refractivity contribution is 5.29. The number of aliphatic hydroxyl groups is 1. The van der Waals surface area contributed by atoms with Crippen LogP contribution in [0.25, 0.3) is 0 Å². The third-order valence-corrected chi connectivity index (χ3v) is 1.70. The van der Waals surface area contributed by atoms with E-state index in [1.165, 1.54) is 14.2 Å². The molecule has 72 valence electrons. The lowest BCUT2D eigenvalue weighted by atomic mass is 10.2. The summed E-state index contributed by atoms with van der Waals surface area (Å²) in [6.07, 6.45) is -0.550. The van der Waals surface area contributed by atoms with Gasteiger partial charge in [-0.1, -0.05) is 0 Å². The first-order chi connectivity index (χ1) is 6.17. The molecule has 0 radical (unpaired) electrons. The Morgan fingerprint density at radius 2 is 1.69 bits per heavy atom. The summed E-state index contributed by atoms with van der Waals surface area (Å²) in [6.45, 7) is 1.67. The Balaban J connectivity index is 3.07. The molecule has 0 aliphatic carbocycles. The van der Waals surface area contributed by atoms with E-state index < -0.39 is 6.10 Å². The SMILES string of the molecule is COc1cc(C(C)O)cc(OC)n1. The second kappa shape index (κ2) is 4.09. The average molecular weight is 183 g/mol. The lowest BCUT2D eigenvalue weighted by Gasteiger charge is -2.08. The van der Waals surface area contributed by atoms with Gasteiger partial charge in [-0.05, 0) is 12.5 Å². The molecular formula is C9H13NO3. The smallest absolute Gasteiger partial charge is 0.216 e. The number of aliphatic hydroxyl groups excluding tert-OH is 1. The maximum absolute atomic E-state index is 9.32. The molecule has 1 N–H and O–H groups in total. The molecule has 0 saturated heterocycles. The van der Waals surface area contributed by atoms with Crippen LogP contribution in [0.4, 0.5) is 0 Å². The van der Waals surface area contributed by atoms with E-state index in [1.54, 1.807) is 19.1 Å².